The minimum atomic E-state index is -0.0570. The lowest BCUT2D eigenvalue weighted by Gasteiger charge is -2.34. The molecular formula is C18H17BrN4O2. The van der Waals surface area contributed by atoms with Crippen LogP contribution in [0.4, 0.5) is 5.95 Å². The summed E-state index contributed by atoms with van der Waals surface area (Å²) >= 11 is 3.46. The smallest absolute Gasteiger partial charge is 0.290 e. The highest BCUT2D eigenvalue weighted by Gasteiger charge is 2.27. The number of hydrogen-bond acceptors (Lipinski definition) is 5. The van der Waals surface area contributed by atoms with Gasteiger partial charge in [-0.05, 0) is 31.2 Å². The first-order chi connectivity index (χ1) is 12.1. The number of fused-ring (bicyclic) bond motifs is 1. The number of rotatable bonds is 2. The van der Waals surface area contributed by atoms with Crippen LogP contribution in [0.1, 0.15) is 16.1 Å². The number of furan rings is 1. The molecule has 0 radical (unpaired) electrons. The molecule has 4 rings (SSSR count). The van der Waals surface area contributed by atoms with Gasteiger partial charge in [-0.25, -0.2) is 9.97 Å². The Hall–Kier alpha value is -2.41. The molecule has 1 aliphatic heterocycles. The van der Waals surface area contributed by atoms with Gasteiger partial charge in [-0.1, -0.05) is 15.9 Å². The lowest BCUT2D eigenvalue weighted by molar-refractivity contribution is 0.0715. The van der Waals surface area contributed by atoms with Crippen molar-refractivity contribution in [2.45, 2.75) is 6.92 Å². The van der Waals surface area contributed by atoms with Crippen molar-refractivity contribution < 1.29 is 9.21 Å². The molecule has 0 aliphatic carbocycles. The fourth-order valence-corrected chi connectivity index (χ4v) is 3.47. The zero-order chi connectivity index (χ0) is 17.4. The molecule has 25 heavy (non-hydrogen) atoms. The molecule has 0 saturated carbocycles. The van der Waals surface area contributed by atoms with E-state index in [2.05, 4.69) is 30.8 Å². The highest BCUT2D eigenvalue weighted by Crippen LogP contribution is 2.29. The summed E-state index contributed by atoms with van der Waals surface area (Å²) in [5, 5.41) is 0.967. The van der Waals surface area contributed by atoms with E-state index >= 15 is 0 Å². The SMILES string of the molecule is Cc1c(C(=O)N2CCN(c3ncccn3)CC2)oc2ccc(Br)cc12. The van der Waals surface area contributed by atoms with Gasteiger partial charge in [0.1, 0.15) is 5.58 Å². The van der Waals surface area contributed by atoms with Crippen LogP contribution in [0.3, 0.4) is 0 Å². The third-order valence-electron chi connectivity index (χ3n) is 4.49. The van der Waals surface area contributed by atoms with Crippen LogP contribution in [0.2, 0.25) is 0 Å². The summed E-state index contributed by atoms with van der Waals surface area (Å²) in [5.74, 6) is 1.08. The standard InChI is InChI=1S/C18H17BrN4O2/c1-12-14-11-13(19)3-4-15(14)25-16(12)17(24)22-7-9-23(10-8-22)18-20-5-2-6-21-18/h2-6,11H,7-10H2,1H3. The molecule has 1 amide bonds. The molecule has 128 valence electrons. The van der Waals surface area contributed by atoms with Crippen LogP contribution in [0.5, 0.6) is 0 Å². The molecule has 1 aromatic carbocycles. The zero-order valence-corrected chi connectivity index (χ0v) is 15.4. The number of halogens is 1. The predicted molar refractivity (Wildman–Crippen MR) is 98.8 cm³/mol. The van der Waals surface area contributed by atoms with E-state index in [4.69, 9.17) is 4.42 Å². The van der Waals surface area contributed by atoms with Gasteiger partial charge in [0.2, 0.25) is 5.95 Å². The number of benzene rings is 1. The molecule has 0 N–H and O–H groups in total. The second-order valence-electron chi connectivity index (χ2n) is 6.02. The van der Waals surface area contributed by atoms with Crippen LogP contribution in [-0.4, -0.2) is 47.0 Å². The monoisotopic (exact) mass is 400 g/mol. The molecule has 2 aromatic heterocycles. The van der Waals surface area contributed by atoms with Crippen molar-refractivity contribution in [1.82, 2.24) is 14.9 Å². The van der Waals surface area contributed by atoms with Gasteiger partial charge in [-0.3, -0.25) is 4.79 Å². The third kappa shape index (κ3) is 3.00. The van der Waals surface area contributed by atoms with Gasteiger partial charge in [0.25, 0.3) is 5.91 Å². The van der Waals surface area contributed by atoms with Crippen molar-refractivity contribution >= 4 is 38.8 Å². The van der Waals surface area contributed by atoms with Crippen molar-refractivity contribution in [3.05, 3.63) is 52.5 Å². The maximum Gasteiger partial charge on any atom is 0.290 e. The Morgan fingerprint density at radius 2 is 1.88 bits per heavy atom. The maximum atomic E-state index is 12.9. The van der Waals surface area contributed by atoms with Gasteiger partial charge in [-0.15, -0.1) is 0 Å². The number of carbonyl (C=O) groups excluding carboxylic acids is 1. The van der Waals surface area contributed by atoms with Crippen molar-refractivity contribution in [2.24, 2.45) is 0 Å². The van der Waals surface area contributed by atoms with Crippen LogP contribution in [0.25, 0.3) is 11.0 Å². The first-order valence-corrected chi connectivity index (χ1v) is 8.92. The second-order valence-corrected chi connectivity index (χ2v) is 6.94. The fourth-order valence-electron chi connectivity index (χ4n) is 3.10. The minimum absolute atomic E-state index is 0.0570. The van der Waals surface area contributed by atoms with Gasteiger partial charge in [0.05, 0.1) is 0 Å². The third-order valence-corrected chi connectivity index (χ3v) is 4.99. The Kier molecular flexibility index (Phi) is 4.17. The van der Waals surface area contributed by atoms with E-state index in [0.717, 1.165) is 21.0 Å². The number of hydrogen-bond donors (Lipinski definition) is 0. The quantitative estimate of drug-likeness (QED) is 0.660. The van der Waals surface area contributed by atoms with Crippen molar-refractivity contribution in [3.8, 4) is 0 Å². The number of aryl methyl sites for hydroxylation is 1. The van der Waals surface area contributed by atoms with Crippen molar-refractivity contribution in [2.75, 3.05) is 31.1 Å². The van der Waals surface area contributed by atoms with Gasteiger partial charge < -0.3 is 14.2 Å². The highest BCUT2D eigenvalue weighted by atomic mass is 79.9. The molecule has 0 spiro atoms. The van der Waals surface area contributed by atoms with E-state index < -0.39 is 0 Å². The van der Waals surface area contributed by atoms with Gasteiger partial charge >= 0.3 is 0 Å². The van der Waals surface area contributed by atoms with Gasteiger partial charge in [0, 0.05) is 54.0 Å². The van der Waals surface area contributed by atoms with Gasteiger partial charge in [0.15, 0.2) is 5.76 Å². The number of carbonyl (C=O) groups is 1. The average molecular weight is 401 g/mol. The minimum Gasteiger partial charge on any atom is -0.451 e. The largest absolute Gasteiger partial charge is 0.451 e. The van der Waals surface area contributed by atoms with Gasteiger partial charge in [-0.2, -0.15) is 0 Å². The van der Waals surface area contributed by atoms with Crippen LogP contribution in [-0.2, 0) is 0 Å². The average Bonchev–Trinajstić information content (AvgIpc) is 2.98. The Bertz CT molecular complexity index is 917. The molecule has 3 aromatic rings. The highest BCUT2D eigenvalue weighted by molar-refractivity contribution is 9.10. The van der Waals surface area contributed by atoms with E-state index in [-0.39, 0.29) is 5.91 Å². The van der Waals surface area contributed by atoms with E-state index in [1.54, 1.807) is 18.5 Å². The summed E-state index contributed by atoms with van der Waals surface area (Å²) in [6, 6.07) is 7.58. The van der Waals surface area contributed by atoms with Crippen LogP contribution >= 0.6 is 15.9 Å². The van der Waals surface area contributed by atoms with Crippen molar-refractivity contribution in [3.63, 3.8) is 0 Å². The lowest BCUT2D eigenvalue weighted by Crippen LogP contribution is -2.49. The molecule has 0 bridgehead atoms. The molecular weight excluding hydrogens is 384 g/mol. The zero-order valence-electron chi connectivity index (χ0n) is 13.8. The van der Waals surface area contributed by atoms with Crippen LogP contribution < -0.4 is 4.90 Å². The normalized spacial score (nSPS) is 15.0. The summed E-state index contributed by atoms with van der Waals surface area (Å²) in [7, 11) is 0. The molecule has 0 atom stereocenters. The molecule has 6 nitrogen and oxygen atoms in total. The van der Waals surface area contributed by atoms with Crippen LogP contribution in [0.15, 0.2) is 45.5 Å². The van der Waals surface area contributed by atoms with Crippen LogP contribution in [0, 0.1) is 6.92 Å². The molecule has 7 heteroatoms. The molecule has 1 fully saturated rings. The van der Waals surface area contributed by atoms with E-state index in [1.165, 1.54) is 0 Å². The summed E-state index contributed by atoms with van der Waals surface area (Å²) < 4.78 is 6.80. The molecule has 1 saturated heterocycles. The molecule has 3 heterocycles. The number of aromatic nitrogens is 2. The second kappa shape index (κ2) is 6.48. The number of nitrogens with zero attached hydrogens (tertiary/aromatic N) is 4. The molecule has 1 aliphatic rings. The summed E-state index contributed by atoms with van der Waals surface area (Å²) in [5.41, 5.74) is 1.62. The Morgan fingerprint density at radius 3 is 2.60 bits per heavy atom. The van der Waals surface area contributed by atoms with E-state index in [9.17, 15) is 4.79 Å². The first-order valence-electron chi connectivity index (χ1n) is 8.13. The fraction of sp³-hybridized carbons (Fsp3) is 0.278. The van der Waals surface area contributed by atoms with E-state index in [0.29, 0.717) is 37.9 Å². The topological polar surface area (TPSA) is 62.5 Å². The van der Waals surface area contributed by atoms with Crippen molar-refractivity contribution in [1.29, 1.82) is 0 Å². The number of amides is 1. The molecule has 0 unspecified atom stereocenters. The summed E-state index contributed by atoms with van der Waals surface area (Å²) in [6.07, 6.45) is 3.46. The van der Waals surface area contributed by atoms with E-state index in [1.807, 2.05) is 30.0 Å². The summed E-state index contributed by atoms with van der Waals surface area (Å²) in [4.78, 5) is 25.4. The lowest BCUT2D eigenvalue weighted by atomic mass is 10.1. The first kappa shape index (κ1) is 16.1. The number of piperazine rings is 1. The Morgan fingerprint density at radius 1 is 1.16 bits per heavy atom. The Labute approximate surface area is 153 Å². The summed E-state index contributed by atoms with van der Waals surface area (Å²) in [6.45, 7) is 4.59. The Balaban J connectivity index is 1.52. The maximum absolute atomic E-state index is 12.9. The number of anilines is 1. The predicted octanol–water partition coefficient (Wildman–Crippen LogP) is 3.26.